The minimum Gasteiger partial charge on any atom is -0.279 e. The van der Waals surface area contributed by atoms with Gasteiger partial charge in [-0.15, -0.1) is 0 Å². The first-order chi connectivity index (χ1) is 9.40. The van der Waals surface area contributed by atoms with Gasteiger partial charge in [-0.1, -0.05) is 18.2 Å². The molecule has 0 unspecified atom stereocenters. The van der Waals surface area contributed by atoms with Gasteiger partial charge in [-0.05, 0) is 18.2 Å². The van der Waals surface area contributed by atoms with Gasteiger partial charge < -0.3 is 0 Å². The fraction of sp³-hybridized carbons (Fsp3) is 0. The number of non-ortho nitro benzene ring substituents is 1. The molecule has 0 fully saturated rings. The third-order valence-electron chi connectivity index (χ3n) is 2.44. The second kappa shape index (κ2) is 5.25. The Labute approximate surface area is 114 Å². The van der Waals surface area contributed by atoms with Crippen LogP contribution in [0.4, 0.5) is 15.8 Å². The smallest absolute Gasteiger partial charge is 0.271 e. The maximum atomic E-state index is 13.5. The number of nitro benzene ring substituents is 1. The third-order valence-corrected chi connectivity index (χ3v) is 3.85. The molecule has 2 rings (SSSR count). The van der Waals surface area contributed by atoms with E-state index in [2.05, 4.69) is 4.72 Å². The van der Waals surface area contributed by atoms with Crippen molar-refractivity contribution < 1.29 is 17.7 Å². The fourth-order valence-corrected chi connectivity index (χ4v) is 2.69. The van der Waals surface area contributed by atoms with Gasteiger partial charge in [-0.25, -0.2) is 12.8 Å². The maximum Gasteiger partial charge on any atom is 0.271 e. The van der Waals surface area contributed by atoms with Crippen LogP contribution in [0, 0.1) is 15.9 Å². The van der Waals surface area contributed by atoms with E-state index in [0.717, 1.165) is 18.2 Å². The highest BCUT2D eigenvalue weighted by molar-refractivity contribution is 7.92. The van der Waals surface area contributed by atoms with E-state index >= 15 is 0 Å². The van der Waals surface area contributed by atoms with Crippen LogP contribution in [0.2, 0.25) is 0 Å². The fourth-order valence-electron chi connectivity index (χ4n) is 1.56. The highest BCUT2D eigenvalue weighted by Gasteiger charge is 2.19. The molecule has 0 saturated carbocycles. The monoisotopic (exact) mass is 296 g/mol. The quantitative estimate of drug-likeness (QED) is 0.693. The number of sulfonamides is 1. The Morgan fingerprint density at radius 3 is 2.45 bits per heavy atom. The molecular weight excluding hydrogens is 287 g/mol. The van der Waals surface area contributed by atoms with Crippen molar-refractivity contribution in [3.8, 4) is 0 Å². The van der Waals surface area contributed by atoms with Gasteiger partial charge in [-0.2, -0.15) is 0 Å². The molecule has 104 valence electrons. The summed E-state index contributed by atoms with van der Waals surface area (Å²) in [6.45, 7) is 0. The molecule has 0 bridgehead atoms. The Morgan fingerprint density at radius 1 is 1.10 bits per heavy atom. The first-order valence-corrected chi connectivity index (χ1v) is 6.90. The Kier molecular flexibility index (Phi) is 3.66. The van der Waals surface area contributed by atoms with Crippen molar-refractivity contribution in [2.75, 3.05) is 4.72 Å². The van der Waals surface area contributed by atoms with Crippen LogP contribution in [0.5, 0.6) is 0 Å². The normalized spacial score (nSPS) is 11.1. The predicted molar refractivity (Wildman–Crippen MR) is 70.3 cm³/mol. The molecule has 0 aliphatic heterocycles. The van der Waals surface area contributed by atoms with Gasteiger partial charge in [0, 0.05) is 12.1 Å². The molecule has 0 heterocycles. The number of benzene rings is 2. The van der Waals surface area contributed by atoms with Gasteiger partial charge >= 0.3 is 0 Å². The van der Waals surface area contributed by atoms with Gasteiger partial charge in [0.05, 0.1) is 10.6 Å². The Morgan fingerprint density at radius 2 is 1.80 bits per heavy atom. The van der Waals surface area contributed by atoms with E-state index in [4.69, 9.17) is 0 Å². The van der Waals surface area contributed by atoms with Crippen molar-refractivity contribution in [2.45, 2.75) is 4.90 Å². The maximum absolute atomic E-state index is 13.5. The Bertz CT molecular complexity index is 762. The van der Waals surface area contributed by atoms with Crippen LogP contribution in [-0.4, -0.2) is 13.3 Å². The molecule has 6 nitrogen and oxygen atoms in total. The highest BCUT2D eigenvalue weighted by Crippen LogP contribution is 2.21. The summed E-state index contributed by atoms with van der Waals surface area (Å²) in [5, 5.41) is 10.6. The zero-order valence-corrected chi connectivity index (χ0v) is 10.8. The van der Waals surface area contributed by atoms with E-state index in [1.165, 1.54) is 30.3 Å². The van der Waals surface area contributed by atoms with Gasteiger partial charge in [0.15, 0.2) is 0 Å². The van der Waals surface area contributed by atoms with Crippen LogP contribution in [-0.2, 0) is 10.0 Å². The number of rotatable bonds is 4. The van der Waals surface area contributed by atoms with Crippen LogP contribution < -0.4 is 4.72 Å². The lowest BCUT2D eigenvalue weighted by molar-refractivity contribution is -0.384. The van der Waals surface area contributed by atoms with Crippen molar-refractivity contribution >= 4 is 21.4 Å². The number of nitrogens with one attached hydrogen (secondary N) is 1. The standard InChI is InChI=1S/C12H9FN2O4S/c13-11-6-1-2-7-12(11)20(18,19)14-9-4-3-5-10(8-9)15(16)17/h1-8,14H. The molecule has 0 aliphatic rings. The average molecular weight is 296 g/mol. The van der Waals surface area contributed by atoms with Crippen molar-refractivity contribution in [3.05, 3.63) is 64.5 Å². The number of nitrogens with zero attached hydrogens (tertiary/aromatic N) is 1. The van der Waals surface area contributed by atoms with E-state index in [1.54, 1.807) is 0 Å². The van der Waals surface area contributed by atoms with Gasteiger partial charge in [0.2, 0.25) is 0 Å². The molecular formula is C12H9FN2O4S. The van der Waals surface area contributed by atoms with Crippen molar-refractivity contribution in [2.24, 2.45) is 0 Å². The number of halogens is 1. The van der Waals surface area contributed by atoms with Gasteiger partial charge in [0.1, 0.15) is 10.7 Å². The van der Waals surface area contributed by atoms with Gasteiger partial charge in [0.25, 0.3) is 15.7 Å². The summed E-state index contributed by atoms with van der Waals surface area (Å²) < 4.78 is 39.5. The third kappa shape index (κ3) is 2.91. The molecule has 0 aromatic heterocycles. The first kappa shape index (κ1) is 13.9. The van der Waals surface area contributed by atoms with E-state index in [1.807, 2.05) is 0 Å². The van der Waals surface area contributed by atoms with Crippen molar-refractivity contribution in [3.63, 3.8) is 0 Å². The molecule has 0 aliphatic carbocycles. The molecule has 0 spiro atoms. The second-order valence-corrected chi connectivity index (χ2v) is 5.49. The summed E-state index contributed by atoms with van der Waals surface area (Å²) in [4.78, 5) is 9.44. The zero-order valence-electron chi connectivity index (χ0n) is 9.99. The molecule has 1 N–H and O–H groups in total. The highest BCUT2D eigenvalue weighted by atomic mass is 32.2. The summed E-state index contributed by atoms with van der Waals surface area (Å²) in [7, 11) is -4.13. The minimum atomic E-state index is -4.13. The lowest BCUT2D eigenvalue weighted by Crippen LogP contribution is -2.14. The zero-order chi connectivity index (χ0) is 14.8. The van der Waals surface area contributed by atoms with E-state index in [0.29, 0.717) is 0 Å². The van der Waals surface area contributed by atoms with Crippen LogP contribution in [0.3, 0.4) is 0 Å². The summed E-state index contributed by atoms with van der Waals surface area (Å²) in [5.74, 6) is -0.898. The second-order valence-electron chi connectivity index (χ2n) is 3.84. The largest absolute Gasteiger partial charge is 0.279 e. The summed E-state index contributed by atoms with van der Waals surface area (Å²) in [6.07, 6.45) is 0. The number of hydrogen-bond donors (Lipinski definition) is 1. The molecule has 0 radical (unpaired) electrons. The lowest BCUT2D eigenvalue weighted by atomic mass is 10.3. The molecule has 0 atom stereocenters. The van der Waals surface area contributed by atoms with Crippen LogP contribution >= 0.6 is 0 Å². The van der Waals surface area contributed by atoms with Crippen LogP contribution in [0.1, 0.15) is 0 Å². The predicted octanol–water partition coefficient (Wildman–Crippen LogP) is 2.53. The molecule has 20 heavy (non-hydrogen) atoms. The molecule has 0 amide bonds. The SMILES string of the molecule is O=[N+]([O-])c1cccc(NS(=O)(=O)c2ccccc2F)c1. The summed E-state index contributed by atoms with van der Waals surface area (Å²) in [5.41, 5.74) is -0.277. The van der Waals surface area contributed by atoms with Crippen molar-refractivity contribution in [1.29, 1.82) is 0 Å². The molecule has 2 aromatic carbocycles. The number of hydrogen-bond acceptors (Lipinski definition) is 4. The van der Waals surface area contributed by atoms with E-state index < -0.39 is 25.7 Å². The summed E-state index contributed by atoms with van der Waals surface area (Å²) in [6, 6.07) is 9.81. The number of anilines is 1. The van der Waals surface area contributed by atoms with Crippen LogP contribution in [0.15, 0.2) is 53.4 Å². The molecule has 0 saturated heterocycles. The van der Waals surface area contributed by atoms with E-state index in [-0.39, 0.29) is 11.4 Å². The average Bonchev–Trinajstić information content (AvgIpc) is 2.38. The summed E-state index contributed by atoms with van der Waals surface area (Å²) >= 11 is 0. The van der Waals surface area contributed by atoms with Crippen LogP contribution in [0.25, 0.3) is 0 Å². The number of nitro groups is 1. The lowest BCUT2D eigenvalue weighted by Gasteiger charge is -2.08. The topological polar surface area (TPSA) is 89.3 Å². The Balaban J connectivity index is 2.36. The molecule has 8 heteroatoms. The van der Waals surface area contributed by atoms with Crippen molar-refractivity contribution in [1.82, 2.24) is 0 Å². The molecule has 2 aromatic rings. The first-order valence-electron chi connectivity index (χ1n) is 5.42. The van der Waals surface area contributed by atoms with Gasteiger partial charge in [-0.3, -0.25) is 14.8 Å². The van der Waals surface area contributed by atoms with E-state index in [9.17, 15) is 22.9 Å². The Hall–Kier alpha value is -2.48. The minimum absolute atomic E-state index is 0.0116.